The first-order valence-corrected chi connectivity index (χ1v) is 9.19. The minimum Gasteiger partial charge on any atom is -0.539 e. The highest BCUT2D eigenvalue weighted by Gasteiger charge is 2.37. The normalized spacial score (nSPS) is 13.6. The summed E-state index contributed by atoms with van der Waals surface area (Å²) in [7, 11) is 0. The average Bonchev–Trinajstić information content (AvgIpc) is 3.43. The molecule has 1 aromatic heterocycles. The molecule has 0 unspecified atom stereocenters. The number of hydrogen-bond acceptors (Lipinski definition) is 4. The molecule has 3 aromatic rings. The third-order valence-electron chi connectivity index (χ3n) is 4.43. The summed E-state index contributed by atoms with van der Waals surface area (Å²) in [5.74, 6) is -0.820. The van der Waals surface area contributed by atoms with Crippen LogP contribution in [0.4, 0.5) is 0 Å². The molecule has 2 aromatic carbocycles. The molecule has 0 saturated heterocycles. The van der Waals surface area contributed by atoms with E-state index in [0.29, 0.717) is 16.3 Å². The topological polar surface area (TPSA) is 73.3 Å². The number of amides is 1. The Morgan fingerprint density at radius 2 is 1.96 bits per heavy atom. The van der Waals surface area contributed by atoms with Gasteiger partial charge < -0.3 is 14.5 Å². The number of hydrogen-bond donors (Lipinski definition) is 0. The molecule has 0 aliphatic heterocycles. The van der Waals surface area contributed by atoms with Crippen molar-refractivity contribution in [2.45, 2.75) is 25.4 Å². The van der Waals surface area contributed by atoms with E-state index in [1.807, 2.05) is 30.3 Å². The van der Waals surface area contributed by atoms with Crippen LogP contribution in [0, 0.1) is 0 Å². The SMILES string of the molecule is O=C(c1ccc(Cl)cc1Cl)N(Cc1c([O-])on[n+]1-c1ccccc1)C1CC1. The summed E-state index contributed by atoms with van der Waals surface area (Å²) in [5.41, 5.74) is 1.32. The fourth-order valence-corrected chi connectivity index (χ4v) is 3.39. The summed E-state index contributed by atoms with van der Waals surface area (Å²) in [5, 5.41) is 16.8. The van der Waals surface area contributed by atoms with Gasteiger partial charge in [0.25, 0.3) is 11.6 Å². The standard InChI is InChI=1S/C19H15Cl2N3O3/c20-12-6-9-15(16(21)10-12)18(25)23(13-7-8-13)11-17-19(26)27-22-24(17)14-4-2-1-3-5-14/h1-6,9-10,13H,7-8,11H2. The number of carbonyl (C=O) groups is 1. The van der Waals surface area contributed by atoms with E-state index in [2.05, 4.69) is 5.27 Å². The van der Waals surface area contributed by atoms with Gasteiger partial charge in [-0.05, 0) is 35.7 Å². The first-order chi connectivity index (χ1) is 13.0. The predicted molar refractivity (Wildman–Crippen MR) is 96.8 cm³/mol. The number of nitrogens with zero attached hydrogens (tertiary/aromatic N) is 3. The lowest BCUT2D eigenvalue weighted by molar-refractivity contribution is -0.678. The lowest BCUT2D eigenvalue weighted by atomic mass is 10.2. The van der Waals surface area contributed by atoms with Crippen molar-refractivity contribution < 1.29 is 19.1 Å². The molecule has 0 atom stereocenters. The quantitative estimate of drug-likeness (QED) is 0.613. The van der Waals surface area contributed by atoms with Gasteiger partial charge in [0.1, 0.15) is 6.54 Å². The van der Waals surface area contributed by atoms with E-state index in [4.69, 9.17) is 27.7 Å². The molecule has 27 heavy (non-hydrogen) atoms. The van der Waals surface area contributed by atoms with Gasteiger partial charge in [-0.1, -0.05) is 41.4 Å². The summed E-state index contributed by atoms with van der Waals surface area (Å²) < 4.78 is 6.28. The predicted octanol–water partition coefficient (Wildman–Crippen LogP) is 3.14. The van der Waals surface area contributed by atoms with Gasteiger partial charge in [-0.25, -0.2) is 0 Å². The van der Waals surface area contributed by atoms with Crippen molar-refractivity contribution in [1.82, 2.24) is 10.2 Å². The van der Waals surface area contributed by atoms with Crippen molar-refractivity contribution in [3.05, 3.63) is 69.8 Å². The van der Waals surface area contributed by atoms with E-state index in [9.17, 15) is 9.90 Å². The smallest absolute Gasteiger partial charge is 0.259 e. The average molecular weight is 404 g/mol. The van der Waals surface area contributed by atoms with Crippen LogP contribution in [0.15, 0.2) is 53.1 Å². The van der Waals surface area contributed by atoms with Crippen LogP contribution in [-0.4, -0.2) is 22.1 Å². The highest BCUT2D eigenvalue weighted by atomic mass is 35.5. The number of aromatic nitrogens is 2. The van der Waals surface area contributed by atoms with E-state index in [0.717, 1.165) is 12.8 Å². The summed E-state index contributed by atoms with van der Waals surface area (Å²) >= 11 is 12.1. The van der Waals surface area contributed by atoms with Crippen LogP contribution in [0.2, 0.25) is 10.0 Å². The second-order valence-electron chi connectivity index (χ2n) is 6.34. The largest absolute Gasteiger partial charge is 0.539 e. The molecule has 4 rings (SSSR count). The lowest BCUT2D eigenvalue weighted by Gasteiger charge is -2.21. The molecule has 8 heteroatoms. The highest BCUT2D eigenvalue weighted by molar-refractivity contribution is 6.36. The van der Waals surface area contributed by atoms with Crippen molar-refractivity contribution in [3.63, 3.8) is 0 Å². The van der Waals surface area contributed by atoms with Crippen LogP contribution in [0.1, 0.15) is 28.9 Å². The molecule has 1 saturated carbocycles. The first kappa shape index (κ1) is 17.8. The number of para-hydroxylation sites is 1. The maximum Gasteiger partial charge on any atom is 0.259 e. The van der Waals surface area contributed by atoms with Crippen LogP contribution in [0.25, 0.3) is 5.69 Å². The molecule has 0 spiro atoms. The molecule has 1 heterocycles. The minimum atomic E-state index is -0.570. The van der Waals surface area contributed by atoms with Crippen LogP contribution >= 0.6 is 23.2 Å². The second-order valence-corrected chi connectivity index (χ2v) is 7.19. The van der Waals surface area contributed by atoms with Crippen LogP contribution in [0.3, 0.4) is 0 Å². The van der Waals surface area contributed by atoms with Crippen molar-refractivity contribution in [2.24, 2.45) is 0 Å². The molecule has 138 valence electrons. The highest BCUT2D eigenvalue weighted by Crippen LogP contribution is 2.32. The molecule has 1 aliphatic rings. The summed E-state index contributed by atoms with van der Waals surface area (Å²) in [4.78, 5) is 14.7. The molecule has 0 N–H and O–H groups in total. The molecule has 0 bridgehead atoms. The third kappa shape index (κ3) is 3.63. The summed E-state index contributed by atoms with van der Waals surface area (Å²) in [6.07, 6.45) is 1.75. The Morgan fingerprint density at radius 1 is 1.22 bits per heavy atom. The van der Waals surface area contributed by atoms with E-state index in [-0.39, 0.29) is 29.2 Å². The number of halogens is 2. The van der Waals surface area contributed by atoms with E-state index >= 15 is 0 Å². The zero-order chi connectivity index (χ0) is 19.0. The lowest BCUT2D eigenvalue weighted by Crippen LogP contribution is -2.42. The zero-order valence-electron chi connectivity index (χ0n) is 14.1. The Kier molecular flexibility index (Phi) is 4.76. The maximum atomic E-state index is 13.1. The van der Waals surface area contributed by atoms with Gasteiger partial charge in [0.05, 0.1) is 15.9 Å². The van der Waals surface area contributed by atoms with Gasteiger partial charge >= 0.3 is 0 Å². The summed E-state index contributed by atoms with van der Waals surface area (Å²) in [6.45, 7) is 0.0830. The van der Waals surface area contributed by atoms with Gasteiger partial charge in [-0.15, -0.1) is 0 Å². The zero-order valence-corrected chi connectivity index (χ0v) is 15.7. The molecule has 1 aliphatic carbocycles. The first-order valence-electron chi connectivity index (χ1n) is 8.44. The second kappa shape index (κ2) is 7.21. The van der Waals surface area contributed by atoms with Gasteiger partial charge in [0.15, 0.2) is 5.95 Å². The summed E-state index contributed by atoms with van der Waals surface area (Å²) in [6, 6.07) is 14.0. The van der Waals surface area contributed by atoms with Crippen molar-refractivity contribution >= 4 is 29.1 Å². The Hall–Kier alpha value is -2.57. The number of rotatable bonds is 5. The van der Waals surface area contributed by atoms with Gasteiger partial charge in [0.2, 0.25) is 5.69 Å². The molecule has 6 nitrogen and oxygen atoms in total. The Bertz CT molecular complexity index is 987. The van der Waals surface area contributed by atoms with Gasteiger partial charge in [-0.2, -0.15) is 0 Å². The molecule has 0 radical (unpaired) electrons. The van der Waals surface area contributed by atoms with Crippen molar-refractivity contribution in [2.75, 3.05) is 0 Å². The fraction of sp³-hybridized carbons (Fsp3) is 0.211. The maximum absolute atomic E-state index is 13.1. The van der Waals surface area contributed by atoms with Crippen molar-refractivity contribution in [1.29, 1.82) is 0 Å². The number of benzene rings is 2. The van der Waals surface area contributed by atoms with Crippen LogP contribution < -0.4 is 9.79 Å². The van der Waals surface area contributed by atoms with E-state index < -0.39 is 5.95 Å². The number of carbonyl (C=O) groups excluding carboxylic acids is 1. The van der Waals surface area contributed by atoms with Crippen LogP contribution in [0.5, 0.6) is 5.95 Å². The Balaban J connectivity index is 1.67. The van der Waals surface area contributed by atoms with Gasteiger partial charge in [0, 0.05) is 23.2 Å². The molecular weight excluding hydrogens is 389 g/mol. The van der Waals surface area contributed by atoms with Crippen molar-refractivity contribution in [3.8, 4) is 11.6 Å². The van der Waals surface area contributed by atoms with E-state index in [1.54, 1.807) is 17.0 Å². The van der Waals surface area contributed by atoms with Crippen LogP contribution in [-0.2, 0) is 6.54 Å². The third-order valence-corrected chi connectivity index (χ3v) is 4.98. The Morgan fingerprint density at radius 3 is 2.63 bits per heavy atom. The Labute approximate surface area is 165 Å². The molecular formula is C19H15Cl2N3O3. The van der Waals surface area contributed by atoms with E-state index in [1.165, 1.54) is 10.7 Å². The fourth-order valence-electron chi connectivity index (χ4n) is 2.90. The monoisotopic (exact) mass is 403 g/mol. The molecule has 1 fully saturated rings. The minimum absolute atomic E-state index is 0.0581. The van der Waals surface area contributed by atoms with Gasteiger partial charge in [-0.3, -0.25) is 4.79 Å². The molecule has 1 amide bonds.